The molecule has 0 aliphatic carbocycles. The summed E-state index contributed by atoms with van der Waals surface area (Å²) in [5.41, 5.74) is 2.06. The minimum Gasteiger partial charge on any atom is -0.481 e. The Bertz CT molecular complexity index is 852. The second-order valence-electron chi connectivity index (χ2n) is 5.42. The van der Waals surface area contributed by atoms with Crippen molar-refractivity contribution in [3.63, 3.8) is 0 Å². The Morgan fingerprint density at radius 2 is 1.27 bits per heavy atom. The Hall–Kier alpha value is -3.08. The van der Waals surface area contributed by atoms with Gasteiger partial charge in [0.1, 0.15) is 0 Å². The third kappa shape index (κ3) is 14.0. The van der Waals surface area contributed by atoms with Gasteiger partial charge in [-0.15, -0.1) is 0 Å². The van der Waals surface area contributed by atoms with Crippen LogP contribution in [0.15, 0.2) is 97.8 Å². The molecule has 0 atom stereocenters. The van der Waals surface area contributed by atoms with E-state index in [2.05, 4.69) is 11.3 Å². The number of rotatable bonds is 2. The number of hydrogen-bond donors (Lipinski definition) is 1. The van der Waals surface area contributed by atoms with Gasteiger partial charge in [-0.25, -0.2) is 0 Å². The number of aliphatic carboxylic acids is 1. The van der Waals surface area contributed by atoms with Crippen molar-refractivity contribution in [2.45, 2.75) is 13.8 Å². The lowest BCUT2D eigenvalue weighted by molar-refractivity contribution is -0.136. The van der Waals surface area contributed by atoms with Crippen molar-refractivity contribution < 1.29 is 19.4 Å². The van der Waals surface area contributed by atoms with Gasteiger partial charge in [0, 0.05) is 19.4 Å². The molecule has 4 nitrogen and oxygen atoms in total. The molecular formula is C24H24Cl2O4. The van der Waals surface area contributed by atoms with Crippen molar-refractivity contribution in [2.75, 3.05) is 0 Å². The molecule has 1 N–H and O–H groups in total. The Balaban J connectivity index is 0.000000438. The summed E-state index contributed by atoms with van der Waals surface area (Å²) in [5, 5.41) is 8.62. The van der Waals surface area contributed by atoms with Crippen molar-refractivity contribution in [1.29, 1.82) is 0 Å². The second kappa shape index (κ2) is 16.8. The van der Waals surface area contributed by atoms with Gasteiger partial charge in [-0.3, -0.25) is 9.59 Å². The van der Waals surface area contributed by atoms with Crippen molar-refractivity contribution >= 4 is 35.1 Å². The largest absolute Gasteiger partial charge is 0.481 e. The molecule has 0 heterocycles. The molecule has 0 aliphatic rings. The first-order valence-corrected chi connectivity index (χ1v) is 9.52. The first kappa shape index (κ1) is 26.9. The number of carbonyl (C=O) groups excluding carboxylic acids is 1. The molecule has 3 rings (SSSR count). The lowest BCUT2D eigenvalue weighted by Gasteiger charge is -2.04. The smallest absolute Gasteiger partial charge is 0.307 e. The van der Waals surface area contributed by atoms with E-state index in [4.69, 9.17) is 33.1 Å². The molecule has 0 aliphatic heterocycles. The quantitative estimate of drug-likeness (QED) is 0.335. The first-order valence-electron chi connectivity index (χ1n) is 8.76. The highest BCUT2D eigenvalue weighted by Crippen LogP contribution is 2.32. The van der Waals surface area contributed by atoms with Crippen LogP contribution in [0, 0.1) is 0 Å². The minimum absolute atomic E-state index is 0.329. The van der Waals surface area contributed by atoms with Gasteiger partial charge in [0.25, 0.3) is 5.97 Å². The van der Waals surface area contributed by atoms with Gasteiger partial charge >= 0.3 is 5.97 Å². The molecule has 6 heteroatoms. The Kier molecular flexibility index (Phi) is 15.1. The van der Waals surface area contributed by atoms with Crippen LogP contribution in [0.25, 0.3) is 11.1 Å². The summed E-state index contributed by atoms with van der Waals surface area (Å²) in [4.78, 5) is 18.8. The molecule has 0 saturated heterocycles. The standard InChI is InChI=1S/C12H8Cl2.C6H6.C4H6O2.C2H4O2/c13-11-8-4-7-10(12(11)14)9-5-2-1-3-6-9;1-2-4-6-5-3-1;1-3-6-4(2)5;1-2(3)4/h1-8H;1-6H;3H,1H2,2H3;1H3,(H,3,4). The Morgan fingerprint density at radius 3 is 1.63 bits per heavy atom. The predicted octanol–water partition coefficient (Wildman–Crippen LogP) is 7.13. The van der Waals surface area contributed by atoms with E-state index in [-0.39, 0.29) is 5.97 Å². The van der Waals surface area contributed by atoms with Crippen molar-refractivity contribution in [1.82, 2.24) is 0 Å². The van der Waals surface area contributed by atoms with Gasteiger partial charge in [-0.1, -0.05) is 109 Å². The highest BCUT2D eigenvalue weighted by atomic mass is 35.5. The Morgan fingerprint density at radius 1 is 0.833 bits per heavy atom. The molecule has 158 valence electrons. The minimum atomic E-state index is -0.833. The zero-order valence-electron chi connectivity index (χ0n) is 16.8. The SMILES string of the molecule is C=COC(C)=O.CC(=O)O.Clc1cccc(-c2ccccc2)c1Cl.c1ccccc1. The summed E-state index contributed by atoms with van der Waals surface area (Å²) in [6.07, 6.45) is 1.10. The van der Waals surface area contributed by atoms with Crippen LogP contribution >= 0.6 is 23.2 Å². The average Bonchev–Trinajstić information content (AvgIpc) is 2.72. The molecule has 0 radical (unpaired) electrons. The molecule has 0 saturated carbocycles. The van der Waals surface area contributed by atoms with E-state index in [1.54, 1.807) is 6.07 Å². The normalized spacial score (nSPS) is 8.53. The van der Waals surface area contributed by atoms with Crippen LogP contribution in [0.3, 0.4) is 0 Å². The van der Waals surface area contributed by atoms with Crippen LogP contribution in [0.1, 0.15) is 13.8 Å². The molecule has 3 aromatic carbocycles. The number of carboxylic acid groups (broad SMARTS) is 1. The summed E-state index contributed by atoms with van der Waals surface area (Å²) < 4.78 is 4.17. The maximum atomic E-state index is 9.75. The monoisotopic (exact) mass is 446 g/mol. The van der Waals surface area contributed by atoms with Gasteiger partial charge in [-0.05, 0) is 11.6 Å². The molecule has 30 heavy (non-hydrogen) atoms. The number of halogens is 2. The van der Waals surface area contributed by atoms with Gasteiger partial charge in [0.15, 0.2) is 0 Å². The number of hydrogen-bond acceptors (Lipinski definition) is 3. The van der Waals surface area contributed by atoms with Gasteiger partial charge in [-0.2, -0.15) is 0 Å². The van der Waals surface area contributed by atoms with Crippen LogP contribution in [0.5, 0.6) is 0 Å². The molecule has 0 fully saturated rings. The number of carbonyl (C=O) groups is 2. The number of carboxylic acids is 1. The average molecular weight is 447 g/mol. The fourth-order valence-electron chi connectivity index (χ4n) is 1.85. The summed E-state index contributed by atoms with van der Waals surface area (Å²) in [5.74, 6) is -1.16. The third-order valence-corrected chi connectivity index (χ3v) is 3.77. The fourth-order valence-corrected chi connectivity index (χ4v) is 2.26. The fraction of sp³-hybridized carbons (Fsp3) is 0.0833. The second-order valence-corrected chi connectivity index (χ2v) is 6.20. The van der Waals surface area contributed by atoms with E-state index in [1.165, 1.54) is 6.92 Å². The molecule has 0 aromatic heterocycles. The molecule has 3 aromatic rings. The van der Waals surface area contributed by atoms with Crippen molar-refractivity contribution in [2.24, 2.45) is 0 Å². The van der Waals surface area contributed by atoms with Gasteiger partial charge in [0.05, 0.1) is 16.3 Å². The maximum absolute atomic E-state index is 9.75. The van der Waals surface area contributed by atoms with Crippen LogP contribution in [-0.4, -0.2) is 17.0 Å². The van der Waals surface area contributed by atoms with Crippen molar-refractivity contribution in [3.05, 3.63) is 108 Å². The van der Waals surface area contributed by atoms with Crippen molar-refractivity contribution in [3.8, 4) is 11.1 Å². The highest BCUT2D eigenvalue weighted by molar-refractivity contribution is 6.43. The third-order valence-electron chi connectivity index (χ3n) is 2.95. The summed E-state index contributed by atoms with van der Waals surface area (Å²) >= 11 is 12.0. The van der Waals surface area contributed by atoms with E-state index in [1.807, 2.05) is 78.9 Å². The zero-order chi connectivity index (χ0) is 22.8. The van der Waals surface area contributed by atoms with E-state index < -0.39 is 5.97 Å². The van der Waals surface area contributed by atoms with Crippen LogP contribution in [0.2, 0.25) is 10.0 Å². The number of ether oxygens (including phenoxy) is 1. The summed E-state index contributed by atoms with van der Waals surface area (Å²) in [6.45, 7) is 5.56. The van der Waals surface area contributed by atoms with E-state index in [0.29, 0.717) is 10.0 Å². The lowest BCUT2D eigenvalue weighted by Crippen LogP contribution is -1.87. The molecule has 0 spiro atoms. The lowest BCUT2D eigenvalue weighted by atomic mass is 10.1. The van der Waals surface area contributed by atoms with E-state index >= 15 is 0 Å². The first-order chi connectivity index (χ1) is 14.3. The molecule has 0 bridgehead atoms. The maximum Gasteiger partial charge on any atom is 0.307 e. The van der Waals surface area contributed by atoms with Gasteiger partial charge in [0.2, 0.25) is 0 Å². The van der Waals surface area contributed by atoms with Crippen LogP contribution in [0.4, 0.5) is 0 Å². The molecule has 0 unspecified atom stereocenters. The van der Waals surface area contributed by atoms with Crippen LogP contribution < -0.4 is 0 Å². The zero-order valence-corrected chi connectivity index (χ0v) is 18.3. The van der Waals surface area contributed by atoms with Gasteiger partial charge < -0.3 is 9.84 Å². The highest BCUT2D eigenvalue weighted by Gasteiger charge is 2.05. The van der Waals surface area contributed by atoms with Crippen LogP contribution in [-0.2, 0) is 14.3 Å². The topological polar surface area (TPSA) is 63.6 Å². The predicted molar refractivity (Wildman–Crippen MR) is 124 cm³/mol. The molecule has 0 amide bonds. The number of benzene rings is 3. The summed E-state index contributed by atoms with van der Waals surface area (Å²) in [7, 11) is 0. The summed E-state index contributed by atoms with van der Waals surface area (Å²) in [6, 6.07) is 27.6. The van der Waals surface area contributed by atoms with E-state index in [9.17, 15) is 4.79 Å². The molecular weight excluding hydrogens is 423 g/mol. The number of esters is 1. The Labute approximate surface area is 187 Å². The van der Waals surface area contributed by atoms with E-state index in [0.717, 1.165) is 24.3 Å².